The molecule has 0 amide bonds. The number of ether oxygens (including phenoxy) is 2. The van der Waals surface area contributed by atoms with E-state index in [9.17, 15) is 4.57 Å². The minimum Gasteiger partial charge on any atom is -0.353 e. The Morgan fingerprint density at radius 3 is 2.04 bits per heavy atom. The molecule has 0 aromatic rings. The van der Waals surface area contributed by atoms with Gasteiger partial charge in [-0.15, -0.1) is 0 Å². The van der Waals surface area contributed by atoms with E-state index in [4.69, 9.17) is 18.5 Å². The van der Waals surface area contributed by atoms with Gasteiger partial charge in [0.25, 0.3) is 0 Å². The van der Waals surface area contributed by atoms with E-state index in [1.807, 2.05) is 13.8 Å². The number of hydrogen-bond acceptors (Lipinski definition) is 5. The largest absolute Gasteiger partial charge is 0.353 e. The third kappa shape index (κ3) is 10.8. The van der Waals surface area contributed by atoms with E-state index in [1.165, 1.54) is 32.1 Å². The molecule has 1 rings (SSSR count). The van der Waals surface area contributed by atoms with Gasteiger partial charge in [-0.1, -0.05) is 38.5 Å². The predicted molar refractivity (Wildman–Crippen MR) is 97.6 cm³/mol. The Labute approximate surface area is 148 Å². The minimum absolute atomic E-state index is 0.0642. The topological polar surface area (TPSA) is 54.0 Å². The van der Waals surface area contributed by atoms with Gasteiger partial charge < -0.3 is 18.5 Å². The Balaban J connectivity index is 1.85. The van der Waals surface area contributed by atoms with Crippen molar-refractivity contribution in [3.8, 4) is 0 Å². The SMILES string of the molecule is CCOP(=O)(CCCCCCCCCCO[C@@H]1CCCO1)OCC. The molecule has 0 saturated carbocycles. The molecule has 144 valence electrons. The lowest BCUT2D eigenvalue weighted by Gasteiger charge is -2.16. The van der Waals surface area contributed by atoms with Gasteiger partial charge in [-0.05, 0) is 33.1 Å². The second-order valence-electron chi connectivity index (χ2n) is 6.31. The first-order valence-corrected chi connectivity index (χ1v) is 11.5. The molecule has 0 aromatic carbocycles. The molecule has 1 heterocycles. The van der Waals surface area contributed by atoms with E-state index in [-0.39, 0.29) is 6.29 Å². The molecule has 1 fully saturated rings. The molecule has 0 bridgehead atoms. The van der Waals surface area contributed by atoms with Crippen molar-refractivity contribution in [1.29, 1.82) is 0 Å². The zero-order valence-electron chi connectivity index (χ0n) is 15.7. The molecule has 0 N–H and O–H groups in total. The summed E-state index contributed by atoms with van der Waals surface area (Å²) >= 11 is 0. The predicted octanol–water partition coefficient (Wildman–Crippen LogP) is 5.53. The Morgan fingerprint density at radius 1 is 0.917 bits per heavy atom. The highest BCUT2D eigenvalue weighted by Crippen LogP contribution is 2.48. The number of hydrogen-bond donors (Lipinski definition) is 0. The van der Waals surface area contributed by atoms with Crippen LogP contribution in [0, 0.1) is 0 Å². The van der Waals surface area contributed by atoms with Crippen LogP contribution >= 0.6 is 7.60 Å². The van der Waals surface area contributed by atoms with Crippen LogP contribution in [0.5, 0.6) is 0 Å². The zero-order chi connectivity index (χ0) is 17.5. The van der Waals surface area contributed by atoms with E-state index in [0.717, 1.165) is 45.3 Å². The molecule has 6 heteroatoms. The van der Waals surface area contributed by atoms with Crippen molar-refractivity contribution in [2.75, 3.05) is 32.6 Å². The van der Waals surface area contributed by atoms with Gasteiger partial charge >= 0.3 is 7.60 Å². The van der Waals surface area contributed by atoms with Crippen molar-refractivity contribution in [2.24, 2.45) is 0 Å². The average molecular weight is 364 g/mol. The Bertz CT molecular complexity index is 321. The lowest BCUT2D eigenvalue weighted by atomic mass is 10.1. The zero-order valence-corrected chi connectivity index (χ0v) is 16.6. The first kappa shape index (κ1) is 22.1. The summed E-state index contributed by atoms with van der Waals surface area (Å²) in [5.41, 5.74) is 0. The second-order valence-corrected chi connectivity index (χ2v) is 8.50. The first-order valence-electron chi connectivity index (χ1n) is 9.81. The standard InChI is InChI=1S/C18H37O5P/c1-3-22-24(19,23-4-2)17-12-10-8-6-5-7-9-11-15-20-18-14-13-16-21-18/h18H,3-17H2,1-2H3/t18-/m0/s1. The summed E-state index contributed by atoms with van der Waals surface area (Å²) in [4.78, 5) is 0. The molecule has 0 aliphatic carbocycles. The van der Waals surface area contributed by atoms with Crippen LogP contribution in [0.2, 0.25) is 0 Å². The fraction of sp³-hybridized carbons (Fsp3) is 1.00. The van der Waals surface area contributed by atoms with Gasteiger partial charge in [-0.2, -0.15) is 0 Å². The maximum atomic E-state index is 12.3. The van der Waals surface area contributed by atoms with Gasteiger partial charge in [-0.3, -0.25) is 4.57 Å². The lowest BCUT2D eigenvalue weighted by molar-refractivity contribution is -0.111. The Hall–Kier alpha value is 0.0700. The smallest absolute Gasteiger partial charge is 0.330 e. The quantitative estimate of drug-likeness (QED) is 0.266. The minimum atomic E-state index is -2.83. The molecule has 0 radical (unpaired) electrons. The molecule has 1 aliphatic heterocycles. The first-order chi connectivity index (χ1) is 11.7. The van der Waals surface area contributed by atoms with Crippen LogP contribution in [0.4, 0.5) is 0 Å². The monoisotopic (exact) mass is 364 g/mol. The Kier molecular flexibility index (Phi) is 13.1. The van der Waals surface area contributed by atoms with Crippen molar-refractivity contribution in [3.63, 3.8) is 0 Å². The van der Waals surface area contributed by atoms with Crippen molar-refractivity contribution in [2.45, 2.75) is 84.3 Å². The van der Waals surface area contributed by atoms with Gasteiger partial charge in [0, 0.05) is 19.6 Å². The van der Waals surface area contributed by atoms with Crippen LogP contribution in [0.1, 0.15) is 78.1 Å². The summed E-state index contributed by atoms with van der Waals surface area (Å²) in [5, 5.41) is 0. The van der Waals surface area contributed by atoms with Crippen LogP contribution in [0.3, 0.4) is 0 Å². The van der Waals surface area contributed by atoms with Gasteiger partial charge in [0.15, 0.2) is 6.29 Å². The van der Waals surface area contributed by atoms with Crippen LogP contribution in [0.25, 0.3) is 0 Å². The van der Waals surface area contributed by atoms with Crippen molar-refractivity contribution >= 4 is 7.60 Å². The van der Waals surface area contributed by atoms with Gasteiger partial charge in [0.05, 0.1) is 19.4 Å². The average Bonchev–Trinajstić information content (AvgIpc) is 3.06. The third-order valence-corrected chi connectivity index (χ3v) is 6.34. The summed E-state index contributed by atoms with van der Waals surface area (Å²) in [6, 6.07) is 0. The fourth-order valence-electron chi connectivity index (χ4n) is 2.92. The van der Waals surface area contributed by atoms with E-state index in [2.05, 4.69) is 0 Å². The van der Waals surface area contributed by atoms with Crippen LogP contribution < -0.4 is 0 Å². The highest BCUT2D eigenvalue weighted by molar-refractivity contribution is 7.53. The maximum Gasteiger partial charge on any atom is 0.330 e. The van der Waals surface area contributed by atoms with E-state index in [0.29, 0.717) is 19.4 Å². The fourth-order valence-corrected chi connectivity index (χ4v) is 4.65. The second kappa shape index (κ2) is 14.3. The molecule has 5 nitrogen and oxygen atoms in total. The van der Waals surface area contributed by atoms with Crippen LogP contribution in [-0.4, -0.2) is 38.9 Å². The number of rotatable bonds is 16. The van der Waals surface area contributed by atoms with E-state index in [1.54, 1.807) is 0 Å². The summed E-state index contributed by atoms with van der Waals surface area (Å²) in [6.45, 7) is 6.31. The lowest BCUT2D eigenvalue weighted by Crippen LogP contribution is -2.11. The normalized spacial score (nSPS) is 18.3. The molecule has 0 unspecified atom stereocenters. The molecule has 1 aliphatic rings. The molecule has 1 saturated heterocycles. The van der Waals surface area contributed by atoms with Gasteiger partial charge in [0.1, 0.15) is 0 Å². The molecule has 24 heavy (non-hydrogen) atoms. The third-order valence-electron chi connectivity index (χ3n) is 4.17. The maximum absolute atomic E-state index is 12.3. The van der Waals surface area contributed by atoms with Crippen molar-refractivity contribution < 1.29 is 23.1 Å². The van der Waals surface area contributed by atoms with Crippen LogP contribution in [0.15, 0.2) is 0 Å². The van der Waals surface area contributed by atoms with E-state index >= 15 is 0 Å². The molecule has 0 aromatic heterocycles. The summed E-state index contributed by atoms with van der Waals surface area (Å²) < 4.78 is 34.0. The molecular formula is C18H37O5P. The van der Waals surface area contributed by atoms with Crippen LogP contribution in [-0.2, 0) is 23.1 Å². The summed E-state index contributed by atoms with van der Waals surface area (Å²) in [6.07, 6.45) is 12.2. The number of unbranched alkanes of at least 4 members (excludes halogenated alkanes) is 7. The highest BCUT2D eigenvalue weighted by atomic mass is 31.2. The molecule has 0 spiro atoms. The highest BCUT2D eigenvalue weighted by Gasteiger charge is 2.22. The van der Waals surface area contributed by atoms with Gasteiger partial charge in [0.2, 0.25) is 0 Å². The van der Waals surface area contributed by atoms with Crippen molar-refractivity contribution in [1.82, 2.24) is 0 Å². The molecular weight excluding hydrogens is 327 g/mol. The molecule has 1 atom stereocenters. The summed E-state index contributed by atoms with van der Waals surface area (Å²) in [7, 11) is -2.83. The Morgan fingerprint density at radius 2 is 1.50 bits per heavy atom. The van der Waals surface area contributed by atoms with Crippen molar-refractivity contribution in [3.05, 3.63) is 0 Å². The summed E-state index contributed by atoms with van der Waals surface area (Å²) in [5.74, 6) is 0. The van der Waals surface area contributed by atoms with E-state index < -0.39 is 7.60 Å². The van der Waals surface area contributed by atoms with Gasteiger partial charge in [-0.25, -0.2) is 0 Å².